The van der Waals surface area contributed by atoms with Crippen molar-refractivity contribution in [1.29, 1.82) is 0 Å². The molecule has 5 nitrogen and oxygen atoms in total. The van der Waals surface area contributed by atoms with Crippen molar-refractivity contribution in [3.63, 3.8) is 0 Å². The summed E-state index contributed by atoms with van der Waals surface area (Å²) in [4.78, 5) is 18.5. The smallest absolute Gasteiger partial charge is 0.342 e. The van der Waals surface area contributed by atoms with E-state index in [1.807, 2.05) is 51.1 Å². The Morgan fingerprint density at radius 2 is 1.79 bits per heavy atom. The zero-order valence-corrected chi connectivity index (χ0v) is 26.6. The maximum absolute atomic E-state index is 12.3. The lowest BCUT2D eigenvalue weighted by molar-refractivity contribution is -0.138. The van der Waals surface area contributed by atoms with Gasteiger partial charge in [0.2, 0.25) is 0 Å². The zero-order chi connectivity index (χ0) is 31.1. The maximum Gasteiger partial charge on any atom is 0.390 e. The number of aromatic nitrogens is 3. The van der Waals surface area contributed by atoms with Gasteiger partial charge in [-0.15, -0.1) is 0 Å². The fraction of sp³-hybridized carbons (Fsp3) is 0.559. The number of rotatable bonds is 12. The molecule has 3 aromatic rings. The summed E-state index contributed by atoms with van der Waals surface area (Å²) in [6.07, 6.45) is 5.99. The van der Waals surface area contributed by atoms with Crippen LogP contribution in [0.25, 0.3) is 16.6 Å². The molecule has 0 saturated heterocycles. The largest absolute Gasteiger partial charge is 0.390 e. The Bertz CT molecular complexity index is 1260. The fourth-order valence-corrected chi connectivity index (χ4v) is 4.85. The second-order valence-corrected chi connectivity index (χ2v) is 10.8. The highest BCUT2D eigenvalue weighted by Crippen LogP contribution is 2.24. The number of imidazole rings is 1. The molecular weight excluding hydrogens is 535 g/mol. The van der Waals surface area contributed by atoms with Gasteiger partial charge >= 0.3 is 6.18 Å². The van der Waals surface area contributed by atoms with Crippen LogP contribution in [0.15, 0.2) is 47.6 Å². The van der Waals surface area contributed by atoms with Crippen LogP contribution >= 0.6 is 0 Å². The number of aryl methyl sites for hydroxylation is 2. The van der Waals surface area contributed by atoms with Crippen molar-refractivity contribution in [2.24, 2.45) is 10.9 Å². The molecule has 0 saturated carbocycles. The Morgan fingerprint density at radius 3 is 2.40 bits per heavy atom. The molecule has 3 heterocycles. The summed E-state index contributed by atoms with van der Waals surface area (Å²) >= 11 is 0. The first-order valence-corrected chi connectivity index (χ1v) is 15.5. The highest BCUT2D eigenvalue weighted by atomic mass is 19.4. The molecule has 2 aromatic heterocycles. The van der Waals surface area contributed by atoms with Gasteiger partial charge in [-0.1, -0.05) is 53.7 Å². The number of allylic oxidation sites excluding steroid dienone is 1. The molecule has 0 aliphatic carbocycles. The SMILES string of the molecule is CC.CCCN(CCC(C)Cc1ccnc(C)c1)CCC(F)(F)F.CCc1nc2ccc(C3=CC(CC)N=C3)cc2[nH]1. The van der Waals surface area contributed by atoms with Gasteiger partial charge < -0.3 is 9.88 Å². The molecule has 2 atom stereocenters. The van der Waals surface area contributed by atoms with Crippen LogP contribution in [0, 0.1) is 12.8 Å². The van der Waals surface area contributed by atoms with Gasteiger partial charge in [0.1, 0.15) is 5.82 Å². The molecule has 0 fully saturated rings. The van der Waals surface area contributed by atoms with Gasteiger partial charge in [-0.3, -0.25) is 9.98 Å². The normalized spacial score (nSPS) is 15.2. The third-order valence-electron chi connectivity index (χ3n) is 7.13. The van der Waals surface area contributed by atoms with E-state index in [0.29, 0.717) is 12.0 Å². The molecule has 0 amide bonds. The quantitative estimate of drug-likeness (QED) is 0.231. The first-order valence-electron chi connectivity index (χ1n) is 15.5. The number of nitrogens with zero attached hydrogens (tertiary/aromatic N) is 4. The topological polar surface area (TPSA) is 57.2 Å². The summed E-state index contributed by atoms with van der Waals surface area (Å²) < 4.78 is 37.0. The van der Waals surface area contributed by atoms with E-state index in [1.54, 1.807) is 0 Å². The van der Waals surface area contributed by atoms with Crippen molar-refractivity contribution < 1.29 is 13.2 Å². The number of hydrogen-bond acceptors (Lipinski definition) is 4. The molecule has 1 aromatic carbocycles. The standard InChI is InChI=1S/C17H27F3N2.C15H17N3.C2H6/c1-4-9-22(11-7-17(18,19)20)10-6-14(2)12-16-5-8-21-15(3)13-16;1-3-12-7-11(9-16-12)10-5-6-13-14(8-10)18-15(4-2)17-13;1-2/h5,8,13-14H,4,6-7,9-12H2,1-3H3;5-9,12H,3-4H2,1-2H3,(H,17,18);1-2H3. The van der Waals surface area contributed by atoms with E-state index in [0.717, 1.165) is 67.7 Å². The highest BCUT2D eigenvalue weighted by molar-refractivity contribution is 6.12. The molecule has 1 aliphatic heterocycles. The number of aliphatic imine (C=N–C) groups is 1. The molecule has 1 aliphatic rings. The van der Waals surface area contributed by atoms with Crippen molar-refractivity contribution in [2.45, 2.75) is 99.2 Å². The summed E-state index contributed by atoms with van der Waals surface area (Å²) in [5.74, 6) is 1.50. The van der Waals surface area contributed by atoms with E-state index in [2.05, 4.69) is 71.1 Å². The highest BCUT2D eigenvalue weighted by Gasteiger charge is 2.27. The number of hydrogen-bond donors (Lipinski definition) is 1. The van der Waals surface area contributed by atoms with Crippen LogP contribution in [-0.4, -0.2) is 57.9 Å². The number of halogens is 3. The number of benzene rings is 1. The number of nitrogens with one attached hydrogen (secondary N) is 1. The number of aromatic amines is 1. The van der Waals surface area contributed by atoms with Crippen LogP contribution in [0.1, 0.15) is 89.9 Å². The Balaban J connectivity index is 0.000000281. The van der Waals surface area contributed by atoms with Crippen LogP contribution in [0.3, 0.4) is 0 Å². The summed E-state index contributed by atoms with van der Waals surface area (Å²) in [6.45, 7) is 16.0. The molecule has 0 radical (unpaired) electrons. The van der Waals surface area contributed by atoms with E-state index in [-0.39, 0.29) is 6.54 Å². The van der Waals surface area contributed by atoms with Crippen LogP contribution in [0.4, 0.5) is 13.2 Å². The van der Waals surface area contributed by atoms with Crippen LogP contribution in [-0.2, 0) is 12.8 Å². The summed E-state index contributed by atoms with van der Waals surface area (Å²) in [5, 5.41) is 0. The Labute approximate surface area is 250 Å². The van der Waals surface area contributed by atoms with E-state index < -0.39 is 12.6 Å². The maximum atomic E-state index is 12.3. The van der Waals surface area contributed by atoms with Crippen molar-refractivity contribution in [2.75, 3.05) is 19.6 Å². The summed E-state index contributed by atoms with van der Waals surface area (Å²) in [5.41, 5.74) is 6.83. The average molecular weight is 586 g/mol. The summed E-state index contributed by atoms with van der Waals surface area (Å²) in [7, 11) is 0. The van der Waals surface area contributed by atoms with Gasteiger partial charge in [-0.25, -0.2) is 4.98 Å². The summed E-state index contributed by atoms with van der Waals surface area (Å²) in [6, 6.07) is 10.8. The molecular formula is C34H50F3N5. The zero-order valence-electron chi connectivity index (χ0n) is 26.6. The number of alkyl halides is 3. The number of pyridine rings is 1. The molecule has 1 N–H and O–H groups in total. The molecule has 42 heavy (non-hydrogen) atoms. The van der Waals surface area contributed by atoms with E-state index in [1.165, 1.54) is 16.7 Å². The first kappa shape index (κ1) is 35.2. The third kappa shape index (κ3) is 12.1. The minimum absolute atomic E-state index is 0.110. The van der Waals surface area contributed by atoms with Crippen LogP contribution in [0.2, 0.25) is 0 Å². The second-order valence-electron chi connectivity index (χ2n) is 10.8. The number of fused-ring (bicyclic) bond motifs is 1. The van der Waals surface area contributed by atoms with Crippen molar-refractivity contribution in [1.82, 2.24) is 19.9 Å². The fourth-order valence-electron chi connectivity index (χ4n) is 4.85. The molecule has 0 spiro atoms. The van der Waals surface area contributed by atoms with Crippen LogP contribution < -0.4 is 0 Å². The average Bonchev–Trinajstić information content (AvgIpc) is 3.62. The van der Waals surface area contributed by atoms with Gasteiger partial charge in [0.25, 0.3) is 0 Å². The van der Waals surface area contributed by atoms with Crippen molar-refractivity contribution >= 4 is 22.8 Å². The van der Waals surface area contributed by atoms with Gasteiger partial charge in [0.05, 0.1) is 23.5 Å². The lowest BCUT2D eigenvalue weighted by atomic mass is 9.98. The Kier molecular flexibility index (Phi) is 15.0. The molecule has 2 unspecified atom stereocenters. The minimum atomic E-state index is -4.06. The Hall–Kier alpha value is -3.00. The molecule has 232 valence electrons. The van der Waals surface area contributed by atoms with Gasteiger partial charge in [0, 0.05) is 31.1 Å². The van der Waals surface area contributed by atoms with Crippen LogP contribution in [0.5, 0.6) is 0 Å². The molecule has 0 bridgehead atoms. The minimum Gasteiger partial charge on any atom is -0.342 e. The van der Waals surface area contributed by atoms with E-state index in [4.69, 9.17) is 0 Å². The lowest BCUT2D eigenvalue weighted by Gasteiger charge is -2.24. The predicted molar refractivity (Wildman–Crippen MR) is 171 cm³/mol. The second kappa shape index (κ2) is 17.8. The van der Waals surface area contributed by atoms with Crippen molar-refractivity contribution in [3.8, 4) is 0 Å². The van der Waals surface area contributed by atoms with Gasteiger partial charge in [-0.2, -0.15) is 13.2 Å². The van der Waals surface area contributed by atoms with Gasteiger partial charge in [0.15, 0.2) is 0 Å². The van der Waals surface area contributed by atoms with E-state index in [9.17, 15) is 13.2 Å². The predicted octanol–water partition coefficient (Wildman–Crippen LogP) is 9.02. The lowest BCUT2D eigenvalue weighted by Crippen LogP contribution is -2.31. The Morgan fingerprint density at radius 1 is 1.02 bits per heavy atom. The molecule has 4 rings (SSSR count). The van der Waals surface area contributed by atoms with E-state index >= 15 is 0 Å². The first-order chi connectivity index (χ1) is 20.1. The van der Waals surface area contributed by atoms with Crippen molar-refractivity contribution in [3.05, 3.63) is 65.2 Å². The van der Waals surface area contributed by atoms with Gasteiger partial charge in [-0.05, 0) is 92.6 Å². The third-order valence-corrected chi connectivity index (χ3v) is 7.13. The number of H-pyrrole nitrogens is 1. The monoisotopic (exact) mass is 585 g/mol. The molecule has 8 heteroatoms.